The van der Waals surface area contributed by atoms with E-state index in [4.69, 9.17) is 16.3 Å². The minimum Gasteiger partial charge on any atom is -0.484 e. The molecule has 1 atom stereocenters. The van der Waals surface area contributed by atoms with Crippen LogP contribution in [0.1, 0.15) is 6.42 Å². The predicted molar refractivity (Wildman–Crippen MR) is 71.0 cm³/mol. The number of amides is 1. The van der Waals surface area contributed by atoms with Gasteiger partial charge in [-0.3, -0.25) is 9.59 Å². The summed E-state index contributed by atoms with van der Waals surface area (Å²) in [5.41, 5.74) is 0. The van der Waals surface area contributed by atoms with Crippen molar-refractivity contribution in [3.05, 3.63) is 29.3 Å². The molecule has 0 saturated carbocycles. The number of thioether (sulfide) groups is 1. The van der Waals surface area contributed by atoms with Crippen LogP contribution in [0.3, 0.4) is 0 Å². The highest BCUT2D eigenvalue weighted by atomic mass is 35.5. The molecule has 0 spiro atoms. The molecule has 1 aliphatic heterocycles. The van der Waals surface area contributed by atoms with Crippen LogP contribution in [0.15, 0.2) is 24.3 Å². The summed E-state index contributed by atoms with van der Waals surface area (Å²) >= 11 is 6.98. The van der Waals surface area contributed by atoms with Gasteiger partial charge in [-0.1, -0.05) is 23.4 Å². The number of carbonyl (C=O) groups excluding carboxylic acids is 2. The summed E-state index contributed by atoms with van der Waals surface area (Å²) < 4.78 is 5.28. The molecule has 0 radical (unpaired) electrons. The van der Waals surface area contributed by atoms with Crippen LogP contribution in [0.2, 0.25) is 5.02 Å². The zero-order valence-electron chi connectivity index (χ0n) is 9.52. The lowest BCUT2D eigenvalue weighted by molar-refractivity contribution is -0.126. The Hall–Kier alpha value is -1.20. The van der Waals surface area contributed by atoms with E-state index >= 15 is 0 Å². The summed E-state index contributed by atoms with van der Waals surface area (Å²) in [5, 5.41) is 3.28. The highest BCUT2D eigenvalue weighted by molar-refractivity contribution is 8.14. The zero-order valence-corrected chi connectivity index (χ0v) is 11.1. The van der Waals surface area contributed by atoms with Crippen molar-refractivity contribution < 1.29 is 14.3 Å². The number of rotatable bonds is 4. The normalized spacial score (nSPS) is 18.7. The van der Waals surface area contributed by atoms with Gasteiger partial charge in [0.25, 0.3) is 5.91 Å². The molecule has 1 saturated heterocycles. The summed E-state index contributed by atoms with van der Waals surface area (Å²) in [7, 11) is 0. The van der Waals surface area contributed by atoms with Gasteiger partial charge in [0.1, 0.15) is 5.75 Å². The van der Waals surface area contributed by atoms with Gasteiger partial charge in [0.2, 0.25) is 5.12 Å². The van der Waals surface area contributed by atoms with Crippen LogP contribution in [0, 0.1) is 0 Å². The second-order valence-electron chi connectivity index (χ2n) is 3.82. The molecule has 1 heterocycles. The number of hydrogen-bond acceptors (Lipinski definition) is 4. The first kappa shape index (κ1) is 13.2. The lowest BCUT2D eigenvalue weighted by atomic mass is 10.2. The van der Waals surface area contributed by atoms with Crippen LogP contribution < -0.4 is 10.1 Å². The first-order valence-corrected chi connectivity index (χ1v) is 6.86. The Balaban J connectivity index is 1.78. The largest absolute Gasteiger partial charge is 0.484 e. The second kappa shape index (κ2) is 6.11. The van der Waals surface area contributed by atoms with Crippen LogP contribution in [-0.2, 0) is 9.59 Å². The third kappa shape index (κ3) is 3.65. The summed E-state index contributed by atoms with van der Waals surface area (Å²) in [5.74, 6) is 1.05. The maximum absolute atomic E-state index is 11.6. The smallest absolute Gasteiger partial charge is 0.258 e. The maximum Gasteiger partial charge on any atom is 0.258 e. The van der Waals surface area contributed by atoms with Crippen molar-refractivity contribution in [1.29, 1.82) is 0 Å². The minimum absolute atomic E-state index is 0.0230. The van der Waals surface area contributed by atoms with E-state index in [1.54, 1.807) is 24.3 Å². The predicted octanol–water partition coefficient (Wildman–Crippen LogP) is 1.87. The zero-order chi connectivity index (χ0) is 13.0. The van der Waals surface area contributed by atoms with E-state index in [1.807, 2.05) is 0 Å². The van der Waals surface area contributed by atoms with Crippen LogP contribution in [0.4, 0.5) is 0 Å². The number of benzene rings is 1. The van der Waals surface area contributed by atoms with Gasteiger partial charge < -0.3 is 10.1 Å². The number of ether oxygens (including phenoxy) is 1. The van der Waals surface area contributed by atoms with E-state index in [-0.39, 0.29) is 23.7 Å². The quantitative estimate of drug-likeness (QED) is 0.917. The number of hydrogen-bond donors (Lipinski definition) is 1. The van der Waals surface area contributed by atoms with E-state index in [0.717, 1.165) is 5.75 Å². The molecular weight excluding hydrogens is 274 g/mol. The van der Waals surface area contributed by atoms with E-state index in [0.29, 0.717) is 17.2 Å². The number of halogens is 1. The van der Waals surface area contributed by atoms with Crippen molar-refractivity contribution >= 4 is 34.4 Å². The standard InChI is InChI=1S/C12H12ClNO3S/c13-8-1-3-9(4-2-8)17-7-11(15)14-10-5-6-18-12(10)16/h1-4,10H,5-7H2,(H,14,15)/t10-/m0/s1. The molecule has 2 rings (SSSR count). The molecule has 0 bridgehead atoms. The van der Waals surface area contributed by atoms with Gasteiger partial charge in [0, 0.05) is 10.8 Å². The fourth-order valence-corrected chi connectivity index (χ4v) is 2.60. The second-order valence-corrected chi connectivity index (χ2v) is 5.35. The van der Waals surface area contributed by atoms with Crippen molar-refractivity contribution in [1.82, 2.24) is 5.32 Å². The molecule has 0 aliphatic carbocycles. The van der Waals surface area contributed by atoms with Crippen LogP contribution >= 0.6 is 23.4 Å². The Bertz CT molecular complexity index is 449. The highest BCUT2D eigenvalue weighted by Gasteiger charge is 2.26. The van der Waals surface area contributed by atoms with Crippen molar-refractivity contribution in [3.63, 3.8) is 0 Å². The first-order valence-electron chi connectivity index (χ1n) is 5.49. The molecule has 1 aromatic rings. The molecule has 1 aliphatic rings. The number of nitrogens with one attached hydrogen (secondary N) is 1. The molecule has 18 heavy (non-hydrogen) atoms. The van der Waals surface area contributed by atoms with Crippen molar-refractivity contribution in [2.24, 2.45) is 0 Å². The van der Waals surface area contributed by atoms with Gasteiger partial charge in [-0.15, -0.1) is 0 Å². The monoisotopic (exact) mass is 285 g/mol. The summed E-state index contributed by atoms with van der Waals surface area (Å²) in [6.45, 7) is -0.101. The van der Waals surface area contributed by atoms with Gasteiger partial charge in [-0.2, -0.15) is 0 Å². The lowest BCUT2D eigenvalue weighted by Gasteiger charge is -2.11. The average molecular weight is 286 g/mol. The summed E-state index contributed by atoms with van der Waals surface area (Å²) in [6, 6.07) is 6.38. The van der Waals surface area contributed by atoms with E-state index in [2.05, 4.69) is 5.32 Å². The van der Waals surface area contributed by atoms with Gasteiger partial charge >= 0.3 is 0 Å². The van der Waals surface area contributed by atoms with Crippen LogP contribution in [0.5, 0.6) is 5.75 Å². The molecule has 0 aromatic heterocycles. The molecule has 1 N–H and O–H groups in total. The third-order valence-electron chi connectivity index (χ3n) is 2.45. The van der Waals surface area contributed by atoms with Crippen molar-refractivity contribution in [2.75, 3.05) is 12.4 Å². The molecule has 6 heteroatoms. The highest BCUT2D eigenvalue weighted by Crippen LogP contribution is 2.19. The Morgan fingerprint density at radius 2 is 2.17 bits per heavy atom. The SMILES string of the molecule is O=C(COc1ccc(Cl)cc1)N[C@H]1CCSC1=O. The molecular formula is C12H12ClNO3S. The Morgan fingerprint density at radius 1 is 1.44 bits per heavy atom. The summed E-state index contributed by atoms with van der Waals surface area (Å²) in [6.07, 6.45) is 0.691. The molecule has 1 aromatic carbocycles. The van der Waals surface area contributed by atoms with Gasteiger partial charge in [-0.25, -0.2) is 0 Å². The maximum atomic E-state index is 11.6. The molecule has 4 nitrogen and oxygen atoms in total. The first-order chi connectivity index (χ1) is 8.65. The molecule has 0 unspecified atom stereocenters. The van der Waals surface area contributed by atoms with E-state index < -0.39 is 0 Å². The van der Waals surface area contributed by atoms with E-state index in [9.17, 15) is 9.59 Å². The molecule has 96 valence electrons. The van der Waals surface area contributed by atoms with Crippen LogP contribution in [-0.4, -0.2) is 29.4 Å². The topological polar surface area (TPSA) is 55.4 Å². The average Bonchev–Trinajstić information content (AvgIpc) is 2.74. The van der Waals surface area contributed by atoms with E-state index in [1.165, 1.54) is 11.8 Å². The Labute approximate surface area is 114 Å². The van der Waals surface area contributed by atoms with Crippen LogP contribution in [0.25, 0.3) is 0 Å². The fraction of sp³-hybridized carbons (Fsp3) is 0.333. The molecule has 1 fully saturated rings. The van der Waals surface area contributed by atoms with Gasteiger partial charge in [-0.05, 0) is 30.7 Å². The fourth-order valence-electron chi connectivity index (χ4n) is 1.54. The lowest BCUT2D eigenvalue weighted by Crippen LogP contribution is -2.39. The third-order valence-corrected chi connectivity index (χ3v) is 3.71. The van der Waals surface area contributed by atoms with Crippen molar-refractivity contribution in [3.8, 4) is 5.75 Å². The van der Waals surface area contributed by atoms with Crippen molar-refractivity contribution in [2.45, 2.75) is 12.5 Å². The van der Waals surface area contributed by atoms with Gasteiger partial charge in [0.15, 0.2) is 6.61 Å². The summed E-state index contributed by atoms with van der Waals surface area (Å²) in [4.78, 5) is 22.9. The molecule has 1 amide bonds. The number of carbonyl (C=O) groups is 2. The minimum atomic E-state index is -0.365. The van der Waals surface area contributed by atoms with Gasteiger partial charge in [0.05, 0.1) is 6.04 Å². The Morgan fingerprint density at radius 3 is 2.78 bits per heavy atom. The Kier molecular flexibility index (Phi) is 4.49.